The number of pyridine rings is 1. The first-order chi connectivity index (χ1) is 9.79. The van der Waals surface area contributed by atoms with Crippen molar-refractivity contribution in [2.24, 2.45) is 0 Å². The van der Waals surface area contributed by atoms with Crippen molar-refractivity contribution < 1.29 is 9.21 Å². The van der Waals surface area contributed by atoms with Crippen LogP contribution in [0.2, 0.25) is 0 Å². The molecule has 0 spiro atoms. The lowest BCUT2D eigenvalue weighted by atomic mass is 10.2. The first-order valence-electron chi connectivity index (χ1n) is 6.80. The second-order valence-electron chi connectivity index (χ2n) is 4.47. The number of amides is 1. The Morgan fingerprint density at radius 2 is 2.30 bits per heavy atom. The van der Waals surface area contributed by atoms with Crippen LogP contribution in [0, 0.1) is 0 Å². The van der Waals surface area contributed by atoms with Crippen LogP contribution in [0.5, 0.6) is 0 Å². The van der Waals surface area contributed by atoms with Crippen LogP contribution in [-0.4, -0.2) is 17.4 Å². The van der Waals surface area contributed by atoms with E-state index in [1.54, 1.807) is 24.6 Å². The van der Waals surface area contributed by atoms with Gasteiger partial charge in [-0.05, 0) is 30.7 Å². The van der Waals surface area contributed by atoms with Gasteiger partial charge in [-0.15, -0.1) is 0 Å². The van der Waals surface area contributed by atoms with Gasteiger partial charge in [0, 0.05) is 18.3 Å². The highest BCUT2D eigenvalue weighted by atomic mass is 16.3. The van der Waals surface area contributed by atoms with Crippen molar-refractivity contribution >= 4 is 11.7 Å². The van der Waals surface area contributed by atoms with E-state index in [1.807, 2.05) is 12.1 Å². The SMILES string of the molecule is CCCCNC(=O)c1ccnc(NCc2ccco2)c1. The van der Waals surface area contributed by atoms with E-state index >= 15 is 0 Å². The molecule has 5 nitrogen and oxygen atoms in total. The Labute approximate surface area is 118 Å². The molecule has 0 unspecified atom stereocenters. The highest BCUT2D eigenvalue weighted by molar-refractivity contribution is 5.94. The van der Waals surface area contributed by atoms with Crippen molar-refractivity contribution in [2.45, 2.75) is 26.3 Å². The summed E-state index contributed by atoms with van der Waals surface area (Å²) in [7, 11) is 0. The fourth-order valence-electron chi connectivity index (χ4n) is 1.74. The first kappa shape index (κ1) is 14.1. The van der Waals surface area contributed by atoms with Crippen LogP contribution in [0.25, 0.3) is 0 Å². The Hall–Kier alpha value is -2.30. The number of unbranched alkanes of at least 4 members (excludes halogenated alkanes) is 1. The van der Waals surface area contributed by atoms with Crippen LogP contribution in [-0.2, 0) is 6.54 Å². The Morgan fingerprint density at radius 1 is 1.40 bits per heavy atom. The summed E-state index contributed by atoms with van der Waals surface area (Å²) < 4.78 is 5.23. The highest BCUT2D eigenvalue weighted by Gasteiger charge is 2.06. The number of aromatic nitrogens is 1. The third-order valence-corrected chi connectivity index (χ3v) is 2.86. The summed E-state index contributed by atoms with van der Waals surface area (Å²) in [6.07, 6.45) is 5.30. The van der Waals surface area contributed by atoms with Gasteiger partial charge in [0.1, 0.15) is 11.6 Å². The Kier molecular flexibility index (Phi) is 5.17. The van der Waals surface area contributed by atoms with Crippen LogP contribution in [0.15, 0.2) is 41.1 Å². The summed E-state index contributed by atoms with van der Waals surface area (Å²) in [6, 6.07) is 7.17. The van der Waals surface area contributed by atoms with E-state index in [1.165, 1.54) is 0 Å². The van der Waals surface area contributed by atoms with Crippen molar-refractivity contribution in [1.29, 1.82) is 0 Å². The summed E-state index contributed by atoms with van der Waals surface area (Å²) >= 11 is 0. The summed E-state index contributed by atoms with van der Waals surface area (Å²) in [6.45, 7) is 3.34. The second-order valence-corrected chi connectivity index (χ2v) is 4.47. The van der Waals surface area contributed by atoms with Gasteiger partial charge in [0.15, 0.2) is 0 Å². The van der Waals surface area contributed by atoms with Gasteiger partial charge >= 0.3 is 0 Å². The predicted molar refractivity (Wildman–Crippen MR) is 77.5 cm³/mol. The van der Waals surface area contributed by atoms with Gasteiger partial charge in [-0.1, -0.05) is 13.3 Å². The molecule has 20 heavy (non-hydrogen) atoms. The third-order valence-electron chi connectivity index (χ3n) is 2.86. The topological polar surface area (TPSA) is 67.2 Å². The Morgan fingerprint density at radius 3 is 3.05 bits per heavy atom. The van der Waals surface area contributed by atoms with E-state index in [2.05, 4.69) is 22.5 Å². The molecule has 0 aliphatic rings. The summed E-state index contributed by atoms with van der Waals surface area (Å²) in [4.78, 5) is 16.1. The molecule has 2 aromatic rings. The molecule has 0 bridgehead atoms. The minimum atomic E-state index is -0.0677. The highest BCUT2D eigenvalue weighted by Crippen LogP contribution is 2.09. The Balaban J connectivity index is 1.91. The monoisotopic (exact) mass is 273 g/mol. The van der Waals surface area contributed by atoms with Crippen molar-refractivity contribution in [3.05, 3.63) is 48.0 Å². The average molecular weight is 273 g/mol. The molecule has 0 aliphatic carbocycles. The lowest BCUT2D eigenvalue weighted by Gasteiger charge is -2.07. The van der Waals surface area contributed by atoms with Gasteiger partial charge in [0.05, 0.1) is 12.8 Å². The molecule has 2 heterocycles. The standard InChI is InChI=1S/C15H19N3O2/c1-2-3-7-17-15(19)12-6-8-16-14(10-12)18-11-13-5-4-9-20-13/h4-6,8-10H,2-3,7,11H2,1H3,(H,16,18)(H,17,19). The van der Waals surface area contributed by atoms with Gasteiger partial charge in [-0.3, -0.25) is 4.79 Å². The number of hydrogen-bond acceptors (Lipinski definition) is 4. The zero-order chi connectivity index (χ0) is 14.2. The minimum absolute atomic E-state index is 0.0677. The number of furan rings is 1. The van der Waals surface area contributed by atoms with E-state index in [0.29, 0.717) is 24.5 Å². The summed E-state index contributed by atoms with van der Waals surface area (Å²) in [5.74, 6) is 1.41. The van der Waals surface area contributed by atoms with Crippen LogP contribution in [0.1, 0.15) is 35.9 Å². The molecule has 0 aliphatic heterocycles. The quantitative estimate of drug-likeness (QED) is 0.761. The lowest BCUT2D eigenvalue weighted by molar-refractivity contribution is 0.0953. The minimum Gasteiger partial charge on any atom is -0.467 e. The molecular weight excluding hydrogens is 254 g/mol. The van der Waals surface area contributed by atoms with Crippen molar-refractivity contribution in [2.75, 3.05) is 11.9 Å². The number of nitrogens with one attached hydrogen (secondary N) is 2. The fraction of sp³-hybridized carbons (Fsp3) is 0.333. The molecule has 0 aromatic carbocycles. The molecule has 0 atom stereocenters. The summed E-state index contributed by atoms with van der Waals surface area (Å²) in [5, 5.41) is 6.01. The number of hydrogen-bond donors (Lipinski definition) is 2. The van der Waals surface area contributed by atoms with E-state index < -0.39 is 0 Å². The molecule has 0 radical (unpaired) electrons. The molecule has 2 rings (SSSR count). The number of carbonyl (C=O) groups excluding carboxylic acids is 1. The fourth-order valence-corrected chi connectivity index (χ4v) is 1.74. The van der Waals surface area contributed by atoms with Gasteiger partial charge in [0.2, 0.25) is 0 Å². The van der Waals surface area contributed by atoms with Crippen LogP contribution in [0.3, 0.4) is 0 Å². The number of rotatable bonds is 7. The maximum absolute atomic E-state index is 11.9. The first-order valence-corrected chi connectivity index (χ1v) is 6.80. The zero-order valence-electron chi connectivity index (χ0n) is 11.6. The largest absolute Gasteiger partial charge is 0.467 e. The second kappa shape index (κ2) is 7.33. The van der Waals surface area contributed by atoms with E-state index in [4.69, 9.17) is 4.42 Å². The predicted octanol–water partition coefficient (Wildman–Crippen LogP) is 2.82. The molecular formula is C15H19N3O2. The number of anilines is 1. The van der Waals surface area contributed by atoms with E-state index in [0.717, 1.165) is 18.6 Å². The van der Waals surface area contributed by atoms with Gasteiger partial charge < -0.3 is 15.1 Å². The molecule has 2 N–H and O–H groups in total. The van der Waals surface area contributed by atoms with Crippen molar-refractivity contribution in [3.8, 4) is 0 Å². The lowest BCUT2D eigenvalue weighted by Crippen LogP contribution is -2.24. The van der Waals surface area contributed by atoms with Crippen LogP contribution in [0.4, 0.5) is 5.82 Å². The molecule has 0 saturated carbocycles. The average Bonchev–Trinajstić information content (AvgIpc) is 2.99. The smallest absolute Gasteiger partial charge is 0.251 e. The molecule has 0 fully saturated rings. The van der Waals surface area contributed by atoms with Gasteiger partial charge in [-0.2, -0.15) is 0 Å². The molecule has 2 aromatic heterocycles. The maximum Gasteiger partial charge on any atom is 0.251 e. The summed E-state index contributed by atoms with van der Waals surface area (Å²) in [5.41, 5.74) is 0.609. The van der Waals surface area contributed by atoms with Crippen LogP contribution < -0.4 is 10.6 Å². The Bertz CT molecular complexity index is 538. The van der Waals surface area contributed by atoms with Crippen molar-refractivity contribution in [3.63, 3.8) is 0 Å². The maximum atomic E-state index is 11.9. The van der Waals surface area contributed by atoms with E-state index in [-0.39, 0.29) is 5.91 Å². The third kappa shape index (κ3) is 4.12. The molecule has 0 saturated heterocycles. The molecule has 5 heteroatoms. The van der Waals surface area contributed by atoms with Gasteiger partial charge in [-0.25, -0.2) is 4.98 Å². The molecule has 1 amide bonds. The molecule has 106 valence electrons. The zero-order valence-corrected chi connectivity index (χ0v) is 11.6. The van der Waals surface area contributed by atoms with Gasteiger partial charge in [0.25, 0.3) is 5.91 Å². The number of nitrogens with zero attached hydrogens (tertiary/aromatic N) is 1. The number of carbonyl (C=O) groups is 1. The van der Waals surface area contributed by atoms with Crippen LogP contribution >= 0.6 is 0 Å². The normalized spacial score (nSPS) is 10.2. The van der Waals surface area contributed by atoms with Crippen molar-refractivity contribution in [1.82, 2.24) is 10.3 Å². The van der Waals surface area contributed by atoms with E-state index in [9.17, 15) is 4.79 Å².